The van der Waals surface area contributed by atoms with Gasteiger partial charge in [0.25, 0.3) is 10.1 Å². The fourth-order valence-corrected chi connectivity index (χ4v) is 4.56. The van der Waals surface area contributed by atoms with Gasteiger partial charge in [-0.25, -0.2) is 0 Å². The molecule has 0 heterocycles. The SMILES string of the molecule is C=CC(COS(=O)(=O)c1ccc(C)cc1)OCCCCCCCCCCCCCCCC. The van der Waals surface area contributed by atoms with E-state index in [1.165, 1.54) is 77.0 Å². The zero-order valence-electron chi connectivity index (χ0n) is 20.5. The van der Waals surface area contributed by atoms with Crippen LogP contribution in [0.2, 0.25) is 0 Å². The largest absolute Gasteiger partial charge is 0.372 e. The minimum absolute atomic E-state index is 0.0433. The molecule has 1 atom stereocenters. The Morgan fingerprint density at radius 1 is 0.812 bits per heavy atom. The fourth-order valence-electron chi connectivity index (χ4n) is 3.65. The van der Waals surface area contributed by atoms with Crippen LogP contribution >= 0.6 is 0 Å². The molecule has 0 aliphatic rings. The first-order chi connectivity index (χ1) is 15.5. The zero-order valence-corrected chi connectivity index (χ0v) is 21.3. The van der Waals surface area contributed by atoms with Crippen LogP contribution in [0.3, 0.4) is 0 Å². The summed E-state index contributed by atoms with van der Waals surface area (Å²) in [7, 11) is -3.77. The van der Waals surface area contributed by atoms with Gasteiger partial charge in [-0.3, -0.25) is 4.18 Å². The van der Waals surface area contributed by atoms with Crippen molar-refractivity contribution in [1.82, 2.24) is 0 Å². The molecule has 0 fully saturated rings. The van der Waals surface area contributed by atoms with Crippen molar-refractivity contribution in [3.05, 3.63) is 42.5 Å². The summed E-state index contributed by atoms with van der Waals surface area (Å²) in [6.07, 6.45) is 19.7. The van der Waals surface area contributed by atoms with E-state index in [-0.39, 0.29) is 11.5 Å². The Balaban J connectivity index is 2.00. The van der Waals surface area contributed by atoms with Gasteiger partial charge in [-0.1, -0.05) is 114 Å². The highest BCUT2D eigenvalue weighted by molar-refractivity contribution is 7.86. The summed E-state index contributed by atoms with van der Waals surface area (Å²) in [6.45, 7) is 8.47. The Labute approximate surface area is 197 Å². The Morgan fingerprint density at radius 2 is 1.28 bits per heavy atom. The maximum absolute atomic E-state index is 12.3. The number of ether oxygens (including phenoxy) is 1. The van der Waals surface area contributed by atoms with Crippen molar-refractivity contribution in [2.45, 2.75) is 115 Å². The molecule has 0 aliphatic carbocycles. The monoisotopic (exact) mass is 466 g/mol. The van der Waals surface area contributed by atoms with Gasteiger partial charge < -0.3 is 4.74 Å². The highest BCUT2D eigenvalue weighted by Crippen LogP contribution is 2.15. The van der Waals surface area contributed by atoms with Gasteiger partial charge in [-0.05, 0) is 25.5 Å². The normalized spacial score (nSPS) is 12.7. The number of benzene rings is 1. The standard InChI is InChI=1S/C27H46O4S/c1-4-6-7-8-9-10-11-12-13-14-15-16-17-18-23-30-26(5-2)24-31-32(28,29)27-21-19-25(3)20-22-27/h5,19-22,26H,2,4,6-18,23-24H2,1,3H3. The third kappa shape index (κ3) is 14.1. The van der Waals surface area contributed by atoms with Crippen molar-refractivity contribution in [3.63, 3.8) is 0 Å². The first-order valence-electron chi connectivity index (χ1n) is 12.7. The third-order valence-electron chi connectivity index (χ3n) is 5.79. The van der Waals surface area contributed by atoms with Gasteiger partial charge >= 0.3 is 0 Å². The summed E-state index contributed by atoms with van der Waals surface area (Å²) < 4.78 is 35.4. The van der Waals surface area contributed by atoms with Crippen molar-refractivity contribution in [1.29, 1.82) is 0 Å². The van der Waals surface area contributed by atoms with Crippen LogP contribution in [-0.2, 0) is 19.0 Å². The van der Waals surface area contributed by atoms with Gasteiger partial charge in [-0.2, -0.15) is 8.42 Å². The number of unbranched alkanes of at least 4 members (excludes halogenated alkanes) is 13. The molecule has 1 rings (SSSR count). The van der Waals surface area contributed by atoms with E-state index in [2.05, 4.69) is 13.5 Å². The molecule has 0 saturated heterocycles. The Morgan fingerprint density at radius 3 is 1.75 bits per heavy atom. The van der Waals surface area contributed by atoms with Crippen LogP contribution < -0.4 is 0 Å². The second kappa shape index (κ2) is 18.3. The lowest BCUT2D eigenvalue weighted by molar-refractivity contribution is 0.0499. The van der Waals surface area contributed by atoms with E-state index >= 15 is 0 Å². The summed E-state index contributed by atoms with van der Waals surface area (Å²) in [6, 6.07) is 6.63. The molecule has 0 amide bonds. The van der Waals surface area contributed by atoms with E-state index in [4.69, 9.17) is 8.92 Å². The van der Waals surface area contributed by atoms with E-state index < -0.39 is 16.2 Å². The summed E-state index contributed by atoms with van der Waals surface area (Å²) >= 11 is 0. The molecule has 0 spiro atoms. The number of rotatable bonds is 21. The number of hydrogen-bond acceptors (Lipinski definition) is 4. The van der Waals surface area contributed by atoms with Crippen LogP contribution in [0.25, 0.3) is 0 Å². The molecule has 184 valence electrons. The van der Waals surface area contributed by atoms with E-state index in [9.17, 15) is 8.42 Å². The van der Waals surface area contributed by atoms with Crippen molar-refractivity contribution >= 4 is 10.1 Å². The summed E-state index contributed by atoms with van der Waals surface area (Å²) in [5.74, 6) is 0. The van der Waals surface area contributed by atoms with Crippen LogP contribution in [0.4, 0.5) is 0 Å². The van der Waals surface area contributed by atoms with Crippen LogP contribution in [0.1, 0.15) is 102 Å². The van der Waals surface area contributed by atoms with E-state index in [1.54, 1.807) is 30.3 Å². The molecule has 5 heteroatoms. The average molecular weight is 467 g/mol. The van der Waals surface area contributed by atoms with Gasteiger partial charge in [-0.15, -0.1) is 6.58 Å². The molecule has 1 unspecified atom stereocenters. The lowest BCUT2D eigenvalue weighted by Gasteiger charge is -2.14. The minimum Gasteiger partial charge on any atom is -0.372 e. The first-order valence-corrected chi connectivity index (χ1v) is 14.1. The Kier molecular flexibility index (Phi) is 16.5. The van der Waals surface area contributed by atoms with Gasteiger partial charge in [0.1, 0.15) is 6.10 Å². The van der Waals surface area contributed by atoms with Gasteiger partial charge in [0.05, 0.1) is 11.5 Å². The van der Waals surface area contributed by atoms with E-state index in [0.29, 0.717) is 6.61 Å². The number of aryl methyl sites for hydroxylation is 1. The summed E-state index contributed by atoms with van der Waals surface area (Å²) in [4.78, 5) is 0.165. The van der Waals surface area contributed by atoms with Crippen LogP contribution in [-0.4, -0.2) is 27.7 Å². The van der Waals surface area contributed by atoms with Crippen LogP contribution in [0.15, 0.2) is 41.8 Å². The maximum atomic E-state index is 12.3. The van der Waals surface area contributed by atoms with Gasteiger partial charge in [0.15, 0.2) is 0 Å². The summed E-state index contributed by atoms with van der Waals surface area (Å²) in [5, 5.41) is 0. The van der Waals surface area contributed by atoms with E-state index in [0.717, 1.165) is 18.4 Å². The number of hydrogen-bond donors (Lipinski definition) is 0. The minimum atomic E-state index is -3.77. The van der Waals surface area contributed by atoms with Crippen molar-refractivity contribution < 1.29 is 17.3 Å². The third-order valence-corrected chi connectivity index (χ3v) is 7.09. The van der Waals surface area contributed by atoms with Crippen LogP contribution in [0, 0.1) is 6.92 Å². The van der Waals surface area contributed by atoms with Crippen molar-refractivity contribution in [2.24, 2.45) is 0 Å². The predicted molar refractivity (Wildman–Crippen MR) is 135 cm³/mol. The molecule has 0 aromatic heterocycles. The molecule has 4 nitrogen and oxygen atoms in total. The topological polar surface area (TPSA) is 52.6 Å². The second-order valence-electron chi connectivity index (χ2n) is 8.79. The van der Waals surface area contributed by atoms with E-state index in [1.807, 2.05) is 6.92 Å². The van der Waals surface area contributed by atoms with Crippen molar-refractivity contribution in [2.75, 3.05) is 13.2 Å². The molecule has 1 aromatic rings. The molecule has 1 aromatic carbocycles. The average Bonchev–Trinajstić information content (AvgIpc) is 2.78. The smallest absolute Gasteiger partial charge is 0.297 e. The second-order valence-corrected chi connectivity index (χ2v) is 10.4. The highest BCUT2D eigenvalue weighted by Gasteiger charge is 2.17. The molecule has 0 saturated carbocycles. The molecule has 0 aliphatic heterocycles. The highest BCUT2D eigenvalue weighted by atomic mass is 32.2. The predicted octanol–water partition coefficient (Wildman–Crippen LogP) is 7.75. The Bertz CT molecular complexity index is 682. The molecular formula is C27H46O4S. The molecule has 0 bridgehead atoms. The molecule has 32 heavy (non-hydrogen) atoms. The quantitative estimate of drug-likeness (QED) is 0.106. The van der Waals surface area contributed by atoms with Gasteiger partial charge in [0, 0.05) is 6.61 Å². The molecule has 0 radical (unpaired) electrons. The van der Waals surface area contributed by atoms with Crippen molar-refractivity contribution in [3.8, 4) is 0 Å². The summed E-state index contributed by atoms with van der Waals surface area (Å²) in [5.41, 5.74) is 1.00. The lowest BCUT2D eigenvalue weighted by atomic mass is 10.0. The molecule has 0 N–H and O–H groups in total. The maximum Gasteiger partial charge on any atom is 0.297 e. The first kappa shape index (κ1) is 28.9. The zero-order chi connectivity index (χ0) is 23.5. The van der Waals surface area contributed by atoms with Crippen LogP contribution in [0.5, 0.6) is 0 Å². The lowest BCUT2D eigenvalue weighted by Crippen LogP contribution is -2.21. The van der Waals surface area contributed by atoms with Gasteiger partial charge in [0.2, 0.25) is 0 Å². The molecular weight excluding hydrogens is 420 g/mol. The Hall–Kier alpha value is -1.17. The fraction of sp³-hybridized carbons (Fsp3) is 0.704.